The number of carbonyl (C=O) groups excluding carboxylic acids is 1. The monoisotopic (exact) mass is 454 g/mol. The highest BCUT2D eigenvalue weighted by molar-refractivity contribution is 14.0. The van der Waals surface area contributed by atoms with Crippen LogP contribution >= 0.6 is 24.0 Å². The second kappa shape index (κ2) is 9.22. The van der Waals surface area contributed by atoms with Crippen LogP contribution in [0.2, 0.25) is 0 Å². The highest BCUT2D eigenvalue weighted by atomic mass is 127. The Hall–Kier alpha value is -0.570. The van der Waals surface area contributed by atoms with Crippen molar-refractivity contribution in [2.75, 3.05) is 27.7 Å². The van der Waals surface area contributed by atoms with Crippen LogP contribution in [0, 0.1) is 5.41 Å². The third-order valence-electron chi connectivity index (χ3n) is 5.46. The van der Waals surface area contributed by atoms with Gasteiger partial charge in [0.15, 0.2) is 5.96 Å². The fourth-order valence-corrected chi connectivity index (χ4v) is 2.64. The predicted molar refractivity (Wildman–Crippen MR) is 110 cm³/mol. The first-order valence-electron chi connectivity index (χ1n) is 8.40. The lowest BCUT2D eigenvalue weighted by Gasteiger charge is -2.59. The summed E-state index contributed by atoms with van der Waals surface area (Å²) in [6.45, 7) is 10.9. The molecule has 0 bridgehead atoms. The molecule has 0 aromatic rings. The van der Waals surface area contributed by atoms with E-state index in [-0.39, 0.29) is 53.5 Å². The summed E-state index contributed by atoms with van der Waals surface area (Å²) in [4.78, 5) is 17.8. The van der Waals surface area contributed by atoms with E-state index in [0.717, 1.165) is 12.8 Å². The second-order valence-electron chi connectivity index (χ2n) is 7.46. The highest BCUT2D eigenvalue weighted by Gasteiger charge is 2.58. The molecule has 0 aromatic carbocycles. The molecular formula is C17H35IN4O2. The van der Waals surface area contributed by atoms with Crippen LogP contribution in [0.3, 0.4) is 0 Å². The molecule has 2 N–H and O–H groups in total. The Bertz CT molecular complexity index is 454. The lowest BCUT2D eigenvalue weighted by Crippen LogP contribution is -2.69. The normalized spacial score (nSPS) is 26.7. The molecule has 6 nitrogen and oxygen atoms in total. The zero-order valence-corrected chi connectivity index (χ0v) is 18.7. The minimum atomic E-state index is -0.133. The first kappa shape index (κ1) is 23.4. The van der Waals surface area contributed by atoms with Gasteiger partial charge in [0.1, 0.15) is 6.54 Å². The molecule has 0 spiro atoms. The number of aliphatic imine (C=N–C) groups is 1. The lowest BCUT2D eigenvalue weighted by molar-refractivity contribution is -0.176. The van der Waals surface area contributed by atoms with Gasteiger partial charge in [-0.2, -0.15) is 0 Å². The number of nitrogens with one attached hydrogen (secondary N) is 2. The summed E-state index contributed by atoms with van der Waals surface area (Å²) in [5.74, 6) is 0.690. The maximum Gasteiger partial charge on any atom is 0.243 e. The van der Waals surface area contributed by atoms with Crippen molar-refractivity contribution in [1.82, 2.24) is 15.5 Å². The van der Waals surface area contributed by atoms with Gasteiger partial charge in [0.25, 0.3) is 0 Å². The van der Waals surface area contributed by atoms with E-state index in [2.05, 4.69) is 50.2 Å². The van der Waals surface area contributed by atoms with E-state index >= 15 is 0 Å². The molecule has 1 rings (SSSR count). The number of likely N-dealkylation sites (N-methyl/N-ethyl adjacent to an activating group) is 1. The molecular weight excluding hydrogens is 419 g/mol. The zero-order valence-electron chi connectivity index (χ0n) is 16.4. The fraction of sp³-hybridized carbons (Fsp3) is 0.882. The fourth-order valence-electron chi connectivity index (χ4n) is 2.64. The van der Waals surface area contributed by atoms with Crippen molar-refractivity contribution in [2.24, 2.45) is 10.4 Å². The second-order valence-corrected chi connectivity index (χ2v) is 7.46. The molecule has 7 heteroatoms. The van der Waals surface area contributed by atoms with Crippen LogP contribution in [0.4, 0.5) is 0 Å². The largest absolute Gasteiger partial charge is 0.378 e. The quantitative estimate of drug-likeness (QED) is 0.367. The van der Waals surface area contributed by atoms with Gasteiger partial charge in [0.2, 0.25) is 5.91 Å². The summed E-state index contributed by atoms with van der Waals surface area (Å²) < 4.78 is 5.67. The van der Waals surface area contributed by atoms with Crippen LogP contribution in [-0.2, 0) is 9.53 Å². The number of nitrogens with zero attached hydrogens (tertiary/aromatic N) is 2. The summed E-state index contributed by atoms with van der Waals surface area (Å²) in [5.41, 5.74) is -0.142. The van der Waals surface area contributed by atoms with Gasteiger partial charge in [0, 0.05) is 38.7 Å². The van der Waals surface area contributed by atoms with Crippen molar-refractivity contribution in [2.45, 2.75) is 65.1 Å². The van der Waals surface area contributed by atoms with E-state index in [1.165, 1.54) is 0 Å². The molecule has 0 aliphatic heterocycles. The molecule has 1 aliphatic carbocycles. The van der Waals surface area contributed by atoms with Crippen LogP contribution in [0.5, 0.6) is 0 Å². The Labute approximate surface area is 164 Å². The minimum absolute atomic E-state index is 0. The third kappa shape index (κ3) is 5.21. The van der Waals surface area contributed by atoms with E-state index in [1.54, 1.807) is 26.1 Å². The molecule has 24 heavy (non-hydrogen) atoms. The Balaban J connectivity index is 0.00000529. The Morgan fingerprint density at radius 3 is 2.38 bits per heavy atom. The van der Waals surface area contributed by atoms with Gasteiger partial charge < -0.3 is 20.3 Å². The highest BCUT2D eigenvalue weighted by Crippen LogP contribution is 2.51. The molecule has 0 aromatic heterocycles. The van der Waals surface area contributed by atoms with Gasteiger partial charge in [-0.1, -0.05) is 20.8 Å². The van der Waals surface area contributed by atoms with Crippen molar-refractivity contribution in [3.05, 3.63) is 0 Å². The van der Waals surface area contributed by atoms with E-state index in [1.807, 2.05) is 0 Å². The summed E-state index contributed by atoms with van der Waals surface area (Å²) >= 11 is 0. The zero-order chi connectivity index (χ0) is 17.8. The average Bonchev–Trinajstić information content (AvgIpc) is 2.50. The van der Waals surface area contributed by atoms with Crippen LogP contribution in [0.25, 0.3) is 0 Å². The standard InChI is InChI=1S/C17H34N4O2.HI/c1-9-12(2)19-15(18-11-14(22)21(6)7)20-13-10-17(5,23-8)16(13,3)4;/h12-13H,9-11H2,1-8H3,(H2,18,19,20);1H. The maximum absolute atomic E-state index is 11.8. The van der Waals surface area contributed by atoms with E-state index in [9.17, 15) is 4.79 Å². The Morgan fingerprint density at radius 1 is 1.38 bits per heavy atom. The Morgan fingerprint density at radius 2 is 1.96 bits per heavy atom. The molecule has 0 saturated heterocycles. The summed E-state index contributed by atoms with van der Waals surface area (Å²) in [6, 6.07) is 0.560. The first-order valence-corrected chi connectivity index (χ1v) is 8.40. The van der Waals surface area contributed by atoms with Gasteiger partial charge in [-0.05, 0) is 26.7 Å². The molecule has 1 aliphatic rings. The van der Waals surface area contributed by atoms with Crippen molar-refractivity contribution < 1.29 is 9.53 Å². The number of guanidine groups is 1. The number of halogens is 1. The van der Waals surface area contributed by atoms with Gasteiger partial charge >= 0.3 is 0 Å². The van der Waals surface area contributed by atoms with Crippen LogP contribution in [0.1, 0.15) is 47.5 Å². The summed E-state index contributed by atoms with van der Waals surface area (Å²) in [5, 5.41) is 6.85. The number of amides is 1. The first-order chi connectivity index (χ1) is 10.6. The number of hydrogen-bond acceptors (Lipinski definition) is 3. The SMILES string of the molecule is CCC(C)NC(=NCC(=O)N(C)C)NC1CC(C)(OC)C1(C)C.I. The lowest BCUT2D eigenvalue weighted by atomic mass is 9.56. The van der Waals surface area contributed by atoms with Crippen LogP contribution in [0.15, 0.2) is 4.99 Å². The predicted octanol–water partition coefficient (Wildman–Crippen LogP) is 2.23. The number of rotatable bonds is 6. The molecule has 0 heterocycles. The van der Waals surface area contributed by atoms with Crippen molar-refractivity contribution in [3.8, 4) is 0 Å². The van der Waals surface area contributed by atoms with E-state index < -0.39 is 0 Å². The van der Waals surface area contributed by atoms with Crippen molar-refractivity contribution in [1.29, 1.82) is 0 Å². The molecule has 0 radical (unpaired) electrons. The molecule has 1 saturated carbocycles. The minimum Gasteiger partial charge on any atom is -0.378 e. The molecule has 1 amide bonds. The molecule has 142 valence electrons. The van der Waals surface area contributed by atoms with Gasteiger partial charge in [-0.15, -0.1) is 24.0 Å². The number of carbonyl (C=O) groups is 1. The molecule has 3 unspecified atom stereocenters. The molecule has 1 fully saturated rings. The number of hydrogen-bond donors (Lipinski definition) is 2. The van der Waals surface area contributed by atoms with Crippen molar-refractivity contribution in [3.63, 3.8) is 0 Å². The van der Waals surface area contributed by atoms with Gasteiger partial charge in [0.05, 0.1) is 5.60 Å². The van der Waals surface area contributed by atoms with Crippen LogP contribution in [-0.4, -0.2) is 62.2 Å². The smallest absolute Gasteiger partial charge is 0.243 e. The van der Waals surface area contributed by atoms with Crippen LogP contribution < -0.4 is 10.6 Å². The van der Waals surface area contributed by atoms with E-state index in [0.29, 0.717) is 12.0 Å². The topological polar surface area (TPSA) is 66.0 Å². The average molecular weight is 454 g/mol. The number of ether oxygens (including phenoxy) is 1. The van der Waals surface area contributed by atoms with Gasteiger partial charge in [-0.25, -0.2) is 4.99 Å². The molecule has 3 atom stereocenters. The Kier molecular flexibility index (Phi) is 9.00. The summed E-state index contributed by atoms with van der Waals surface area (Å²) in [6.07, 6.45) is 1.91. The van der Waals surface area contributed by atoms with E-state index in [4.69, 9.17) is 4.74 Å². The third-order valence-corrected chi connectivity index (χ3v) is 5.46. The number of methoxy groups -OCH3 is 1. The van der Waals surface area contributed by atoms with Gasteiger partial charge in [-0.3, -0.25) is 4.79 Å². The summed E-state index contributed by atoms with van der Waals surface area (Å²) in [7, 11) is 5.25. The van der Waals surface area contributed by atoms with Crippen molar-refractivity contribution >= 4 is 35.8 Å². The maximum atomic E-state index is 11.8.